The maximum atomic E-state index is 11.9. The molecule has 2 aliphatic rings. The lowest BCUT2D eigenvalue weighted by Crippen LogP contribution is -2.46. The Morgan fingerprint density at radius 3 is 1.82 bits per heavy atom. The fourth-order valence-corrected chi connectivity index (χ4v) is 4.21. The molecule has 2 heterocycles. The van der Waals surface area contributed by atoms with Crippen molar-refractivity contribution in [3.63, 3.8) is 0 Å². The minimum atomic E-state index is -0.423. The Balaban J connectivity index is 0.000000192. The van der Waals surface area contributed by atoms with Crippen LogP contribution in [-0.4, -0.2) is 30.1 Å². The van der Waals surface area contributed by atoms with Gasteiger partial charge < -0.3 is 16.4 Å². The van der Waals surface area contributed by atoms with Crippen LogP contribution in [-0.2, 0) is 0 Å². The first-order valence-corrected chi connectivity index (χ1v) is 11.5. The van der Waals surface area contributed by atoms with Crippen LogP contribution in [0.25, 0.3) is 0 Å². The number of urea groups is 2. The summed E-state index contributed by atoms with van der Waals surface area (Å²) >= 11 is 0. The van der Waals surface area contributed by atoms with Gasteiger partial charge in [-0.1, -0.05) is 13.8 Å². The van der Waals surface area contributed by atoms with Gasteiger partial charge >= 0.3 is 12.1 Å². The monoisotopic (exact) mass is 468 g/mol. The predicted octanol–water partition coefficient (Wildman–Crippen LogP) is 4.86. The van der Waals surface area contributed by atoms with Gasteiger partial charge in [-0.25, -0.2) is 9.59 Å². The van der Waals surface area contributed by atoms with Crippen molar-refractivity contribution in [2.75, 3.05) is 28.6 Å². The Labute approximate surface area is 199 Å². The minimum absolute atomic E-state index is 0.0216. The highest BCUT2D eigenvalue weighted by atomic mass is 16.6. The number of nitrogens with one attached hydrogen (secondary N) is 2. The number of hydrogen-bond acceptors (Lipinski definition) is 5. The van der Waals surface area contributed by atoms with Gasteiger partial charge in [0.1, 0.15) is 0 Å². The van der Waals surface area contributed by atoms with Crippen LogP contribution in [0.15, 0.2) is 36.4 Å². The average molecular weight is 469 g/mol. The van der Waals surface area contributed by atoms with E-state index in [1.54, 1.807) is 15.9 Å². The fraction of sp³-hybridized carbons (Fsp3) is 0.417. The second-order valence-corrected chi connectivity index (χ2v) is 8.46. The van der Waals surface area contributed by atoms with Crippen molar-refractivity contribution in [1.29, 1.82) is 0 Å². The van der Waals surface area contributed by atoms with E-state index in [-0.39, 0.29) is 29.8 Å². The number of hydrogen-bond donors (Lipinski definition) is 3. The largest absolute Gasteiger partial charge is 0.399 e. The van der Waals surface area contributed by atoms with Gasteiger partial charge in [0, 0.05) is 42.0 Å². The molecule has 4 N–H and O–H groups in total. The Hall–Kier alpha value is -3.82. The van der Waals surface area contributed by atoms with Gasteiger partial charge in [-0.15, -0.1) is 0 Å². The van der Waals surface area contributed by atoms with Crippen molar-refractivity contribution >= 4 is 34.8 Å². The van der Waals surface area contributed by atoms with E-state index in [1.807, 2.05) is 39.0 Å². The molecule has 10 heteroatoms. The normalized spacial score (nSPS) is 18.7. The fourth-order valence-electron chi connectivity index (χ4n) is 4.21. The molecule has 0 bridgehead atoms. The molecule has 0 aromatic heterocycles. The molecule has 2 aromatic rings. The van der Waals surface area contributed by atoms with E-state index < -0.39 is 4.92 Å². The van der Waals surface area contributed by atoms with Crippen LogP contribution < -0.4 is 26.2 Å². The number of non-ortho nitro benzene ring substituents is 1. The molecule has 0 saturated carbocycles. The lowest BCUT2D eigenvalue weighted by atomic mass is 10.0. The zero-order valence-corrected chi connectivity index (χ0v) is 20.0. The first kappa shape index (κ1) is 24.8. The number of carbonyl (C=O) groups is 2. The highest BCUT2D eigenvalue weighted by Crippen LogP contribution is 2.34. The van der Waals surface area contributed by atoms with E-state index in [4.69, 9.17) is 5.73 Å². The molecule has 182 valence electrons. The molecule has 10 nitrogen and oxygen atoms in total. The SMILES string of the molecule is CCCN1C(=O)NC(C)c2cc(N)ccc21.CCCN1C(=O)NC(C)c2cc([N+](=O)[O-])ccc21. The van der Waals surface area contributed by atoms with E-state index in [2.05, 4.69) is 17.6 Å². The molecule has 2 aliphatic heterocycles. The van der Waals surface area contributed by atoms with Crippen molar-refractivity contribution < 1.29 is 14.5 Å². The smallest absolute Gasteiger partial charge is 0.322 e. The zero-order chi connectivity index (χ0) is 25.0. The van der Waals surface area contributed by atoms with E-state index in [9.17, 15) is 19.7 Å². The van der Waals surface area contributed by atoms with Crippen molar-refractivity contribution in [2.45, 2.75) is 52.6 Å². The number of fused-ring (bicyclic) bond motifs is 2. The van der Waals surface area contributed by atoms with E-state index >= 15 is 0 Å². The summed E-state index contributed by atoms with van der Waals surface area (Å²) in [5.74, 6) is 0. The van der Waals surface area contributed by atoms with Gasteiger partial charge in [-0.2, -0.15) is 0 Å². The van der Waals surface area contributed by atoms with Crippen molar-refractivity contribution in [3.8, 4) is 0 Å². The Morgan fingerprint density at radius 1 is 0.882 bits per heavy atom. The first-order chi connectivity index (χ1) is 16.2. The number of nitro benzene ring substituents is 1. The van der Waals surface area contributed by atoms with Crippen LogP contribution in [0.4, 0.5) is 32.3 Å². The molecule has 2 atom stereocenters. The summed E-state index contributed by atoms with van der Waals surface area (Å²) in [5.41, 5.74) is 10.2. The topological polar surface area (TPSA) is 134 Å². The maximum absolute atomic E-state index is 11.9. The van der Waals surface area contributed by atoms with Gasteiger partial charge in [0.2, 0.25) is 0 Å². The highest BCUT2D eigenvalue weighted by molar-refractivity contribution is 5.96. The van der Waals surface area contributed by atoms with Crippen LogP contribution in [0.3, 0.4) is 0 Å². The molecular weight excluding hydrogens is 436 g/mol. The minimum Gasteiger partial charge on any atom is -0.399 e. The summed E-state index contributed by atoms with van der Waals surface area (Å²) < 4.78 is 0. The summed E-state index contributed by atoms with van der Waals surface area (Å²) in [6, 6.07) is 9.97. The third kappa shape index (κ3) is 5.05. The number of nitrogen functional groups attached to an aromatic ring is 1. The summed E-state index contributed by atoms with van der Waals surface area (Å²) in [5, 5.41) is 16.5. The molecular formula is C24H32N6O4. The number of nitrogens with zero attached hydrogens (tertiary/aromatic N) is 3. The standard InChI is InChI=1S/C12H15N3O3.C12H17N3O/c1-3-6-14-11-5-4-9(15(17)18)7-10(11)8(2)13-12(14)16;1-3-6-15-11-5-4-9(13)7-10(11)8(2)14-12(15)16/h4-5,7-8H,3,6H2,1-2H3,(H,13,16);4-5,7-8H,3,6,13H2,1-2H3,(H,14,16). The quantitative estimate of drug-likeness (QED) is 0.327. The maximum Gasteiger partial charge on any atom is 0.322 e. The number of anilines is 3. The number of amides is 4. The van der Waals surface area contributed by atoms with E-state index in [0.29, 0.717) is 6.54 Å². The lowest BCUT2D eigenvalue weighted by molar-refractivity contribution is -0.384. The molecule has 0 saturated heterocycles. The summed E-state index contributed by atoms with van der Waals surface area (Å²) in [4.78, 5) is 37.4. The Kier molecular flexibility index (Phi) is 7.60. The molecule has 2 unspecified atom stereocenters. The van der Waals surface area contributed by atoms with Crippen molar-refractivity contribution in [2.24, 2.45) is 0 Å². The van der Waals surface area contributed by atoms with Gasteiger partial charge in [0.05, 0.1) is 28.4 Å². The summed E-state index contributed by atoms with van der Waals surface area (Å²) in [6.45, 7) is 9.17. The van der Waals surface area contributed by atoms with Gasteiger partial charge in [0.15, 0.2) is 0 Å². The average Bonchev–Trinajstić information content (AvgIpc) is 2.79. The zero-order valence-electron chi connectivity index (χ0n) is 20.0. The second kappa shape index (κ2) is 10.4. The molecule has 2 aromatic carbocycles. The summed E-state index contributed by atoms with van der Waals surface area (Å²) in [7, 11) is 0. The van der Waals surface area contributed by atoms with Crippen LogP contribution in [0, 0.1) is 10.1 Å². The highest BCUT2D eigenvalue weighted by Gasteiger charge is 2.29. The molecule has 0 fully saturated rings. The predicted molar refractivity (Wildman–Crippen MR) is 133 cm³/mol. The second-order valence-electron chi connectivity index (χ2n) is 8.46. The Morgan fingerprint density at radius 2 is 1.35 bits per heavy atom. The Bertz CT molecular complexity index is 1090. The van der Waals surface area contributed by atoms with Crippen LogP contribution in [0.2, 0.25) is 0 Å². The van der Waals surface area contributed by atoms with E-state index in [1.165, 1.54) is 12.1 Å². The number of carbonyl (C=O) groups excluding carboxylic acids is 2. The first-order valence-electron chi connectivity index (χ1n) is 11.5. The van der Waals surface area contributed by atoms with Crippen molar-refractivity contribution in [1.82, 2.24) is 10.6 Å². The molecule has 0 radical (unpaired) electrons. The van der Waals surface area contributed by atoms with Gasteiger partial charge in [0.25, 0.3) is 5.69 Å². The van der Waals surface area contributed by atoms with Crippen LogP contribution in [0.1, 0.15) is 63.7 Å². The number of nitrogens with two attached hydrogens (primary N) is 1. The van der Waals surface area contributed by atoms with Crippen molar-refractivity contribution in [3.05, 3.63) is 57.6 Å². The van der Waals surface area contributed by atoms with Crippen LogP contribution in [0.5, 0.6) is 0 Å². The van der Waals surface area contributed by atoms with E-state index in [0.717, 1.165) is 47.6 Å². The molecule has 0 aliphatic carbocycles. The number of nitro groups is 1. The number of rotatable bonds is 5. The van der Waals surface area contributed by atoms with Gasteiger partial charge in [-0.05, 0) is 51.0 Å². The molecule has 34 heavy (non-hydrogen) atoms. The lowest BCUT2D eigenvalue weighted by Gasteiger charge is -2.33. The van der Waals surface area contributed by atoms with Gasteiger partial charge in [-0.3, -0.25) is 19.9 Å². The number of benzene rings is 2. The molecule has 4 amide bonds. The third-order valence-corrected chi connectivity index (χ3v) is 5.85. The molecule has 4 rings (SSSR count). The molecule has 0 spiro atoms. The third-order valence-electron chi connectivity index (χ3n) is 5.85. The van der Waals surface area contributed by atoms with Crippen LogP contribution >= 0.6 is 0 Å². The summed E-state index contributed by atoms with van der Waals surface area (Å²) in [6.07, 6.45) is 1.77.